The van der Waals surface area contributed by atoms with E-state index < -0.39 is 10.3 Å². The highest BCUT2D eigenvalue weighted by Crippen LogP contribution is 2.55. The minimum Gasteiger partial charge on any atom is -0.735 e. The summed E-state index contributed by atoms with van der Waals surface area (Å²) in [6, 6.07) is 5.68. The molecule has 0 bridgehead atoms. The Morgan fingerprint density at radius 3 is 2.88 bits per heavy atom. The van der Waals surface area contributed by atoms with Crippen molar-refractivity contribution in [1.29, 1.82) is 0 Å². The largest absolute Gasteiger partial charge is 0.735 e. The lowest BCUT2D eigenvalue weighted by atomic mass is 9.91. The standard InChI is InChI=1S/C16H22N2O5S/c19-24(20,21)17-11-12-3-4-15-13(10-12)14-2-1-5-16(14,23-15)18-6-8-22-9-7-18/h3-4,10,14,17H,1-2,5-9,11H2,(H,19,20,21)/p-1. The van der Waals surface area contributed by atoms with Gasteiger partial charge in [0, 0.05) is 37.5 Å². The summed E-state index contributed by atoms with van der Waals surface area (Å²) in [4.78, 5) is 2.40. The Kier molecular flexibility index (Phi) is 4.04. The van der Waals surface area contributed by atoms with Crippen molar-refractivity contribution in [2.24, 2.45) is 0 Å². The molecule has 1 saturated heterocycles. The van der Waals surface area contributed by atoms with E-state index in [9.17, 15) is 13.0 Å². The molecule has 2 heterocycles. The predicted molar refractivity (Wildman–Crippen MR) is 85.3 cm³/mol. The third-order valence-corrected chi connectivity index (χ3v) is 5.81. The van der Waals surface area contributed by atoms with Crippen molar-refractivity contribution >= 4 is 10.3 Å². The maximum absolute atomic E-state index is 10.8. The summed E-state index contributed by atoms with van der Waals surface area (Å²) in [5.41, 5.74) is 1.62. The molecule has 3 aliphatic rings. The zero-order valence-electron chi connectivity index (χ0n) is 13.4. The van der Waals surface area contributed by atoms with Crippen molar-refractivity contribution in [3.05, 3.63) is 29.3 Å². The van der Waals surface area contributed by atoms with Crippen LogP contribution in [0.4, 0.5) is 0 Å². The van der Waals surface area contributed by atoms with Crippen molar-refractivity contribution in [2.45, 2.75) is 37.5 Å². The van der Waals surface area contributed by atoms with Gasteiger partial charge in [-0.1, -0.05) is 12.1 Å². The van der Waals surface area contributed by atoms with Crippen LogP contribution in [-0.4, -0.2) is 49.9 Å². The molecule has 24 heavy (non-hydrogen) atoms. The molecule has 1 aromatic carbocycles. The minimum absolute atomic E-state index is 0.0103. The van der Waals surface area contributed by atoms with Gasteiger partial charge in [0.1, 0.15) is 5.75 Å². The van der Waals surface area contributed by atoms with Gasteiger partial charge in [-0.3, -0.25) is 4.90 Å². The summed E-state index contributed by atoms with van der Waals surface area (Å²) >= 11 is 0. The van der Waals surface area contributed by atoms with E-state index in [4.69, 9.17) is 9.47 Å². The number of nitrogens with one attached hydrogen (secondary N) is 1. The summed E-state index contributed by atoms with van der Waals surface area (Å²) in [6.07, 6.45) is 3.16. The Labute approximate surface area is 141 Å². The van der Waals surface area contributed by atoms with E-state index in [1.165, 1.54) is 0 Å². The average Bonchev–Trinajstić information content (AvgIpc) is 3.10. The first-order valence-electron chi connectivity index (χ1n) is 8.33. The summed E-state index contributed by atoms with van der Waals surface area (Å²) in [5.74, 6) is 1.16. The zero-order chi connectivity index (χ0) is 16.8. The summed E-state index contributed by atoms with van der Waals surface area (Å²) in [7, 11) is -4.44. The quantitative estimate of drug-likeness (QED) is 0.810. The second-order valence-electron chi connectivity index (χ2n) is 6.64. The third kappa shape index (κ3) is 2.82. The molecule has 132 valence electrons. The normalized spacial score (nSPS) is 30.0. The van der Waals surface area contributed by atoms with Gasteiger partial charge in [0.05, 0.1) is 13.2 Å². The van der Waals surface area contributed by atoms with Gasteiger partial charge >= 0.3 is 0 Å². The fourth-order valence-electron chi connectivity index (χ4n) is 4.30. The third-order valence-electron chi connectivity index (χ3n) is 5.31. The molecule has 1 N–H and O–H groups in total. The van der Waals surface area contributed by atoms with Crippen molar-refractivity contribution < 1.29 is 22.4 Å². The van der Waals surface area contributed by atoms with E-state index in [2.05, 4.69) is 4.90 Å². The van der Waals surface area contributed by atoms with E-state index in [1.807, 2.05) is 22.9 Å². The molecule has 1 aliphatic carbocycles. The fraction of sp³-hybridized carbons (Fsp3) is 0.625. The molecule has 1 saturated carbocycles. The number of hydrogen-bond acceptors (Lipinski definition) is 6. The first-order chi connectivity index (χ1) is 11.5. The lowest BCUT2D eigenvalue weighted by molar-refractivity contribution is -0.115. The second kappa shape index (κ2) is 5.96. The molecule has 2 atom stereocenters. The molecular weight excluding hydrogens is 332 g/mol. The van der Waals surface area contributed by atoms with Gasteiger partial charge in [-0.25, -0.2) is 13.1 Å². The number of fused-ring (bicyclic) bond motifs is 3. The Balaban J connectivity index is 1.60. The van der Waals surface area contributed by atoms with Crippen LogP contribution in [0.3, 0.4) is 0 Å². The van der Waals surface area contributed by atoms with E-state index in [1.54, 1.807) is 0 Å². The van der Waals surface area contributed by atoms with Crippen LogP contribution in [0.5, 0.6) is 5.75 Å². The Hall–Kier alpha value is -1.19. The molecule has 0 amide bonds. The Morgan fingerprint density at radius 2 is 2.12 bits per heavy atom. The number of hydrogen-bond donors (Lipinski definition) is 1. The van der Waals surface area contributed by atoms with E-state index >= 15 is 0 Å². The van der Waals surface area contributed by atoms with Crippen LogP contribution in [0.2, 0.25) is 0 Å². The van der Waals surface area contributed by atoms with Gasteiger partial charge < -0.3 is 14.0 Å². The number of rotatable bonds is 4. The monoisotopic (exact) mass is 353 g/mol. The Morgan fingerprint density at radius 1 is 1.33 bits per heavy atom. The number of nitrogens with zero attached hydrogens (tertiary/aromatic N) is 1. The maximum Gasteiger partial charge on any atom is 0.170 e. The van der Waals surface area contributed by atoms with Crippen molar-refractivity contribution in [2.75, 3.05) is 26.3 Å². The molecule has 0 spiro atoms. The molecule has 0 aromatic heterocycles. The molecule has 1 aromatic rings. The highest BCUT2D eigenvalue weighted by Gasteiger charge is 2.55. The second-order valence-corrected chi connectivity index (χ2v) is 7.84. The topological polar surface area (TPSA) is 90.9 Å². The SMILES string of the molecule is O=S(=O)([O-])NCc1ccc2c(c1)C1CCCC1(N1CCOCC1)O2. The molecule has 2 fully saturated rings. The molecule has 0 radical (unpaired) electrons. The summed E-state index contributed by atoms with van der Waals surface area (Å²) in [6.45, 7) is 3.20. The Bertz CT molecular complexity index is 732. The van der Waals surface area contributed by atoms with Gasteiger partial charge in [-0.15, -0.1) is 0 Å². The van der Waals surface area contributed by atoms with Gasteiger partial charge in [0.25, 0.3) is 0 Å². The van der Waals surface area contributed by atoms with Crippen molar-refractivity contribution in [3.63, 3.8) is 0 Å². The maximum atomic E-state index is 10.8. The van der Waals surface area contributed by atoms with Crippen molar-refractivity contribution in [3.8, 4) is 5.75 Å². The predicted octanol–water partition coefficient (Wildman–Crippen LogP) is 0.925. The van der Waals surface area contributed by atoms with E-state index in [0.29, 0.717) is 0 Å². The average molecular weight is 353 g/mol. The highest BCUT2D eigenvalue weighted by molar-refractivity contribution is 7.83. The van der Waals surface area contributed by atoms with Crippen LogP contribution in [0.25, 0.3) is 0 Å². The first-order valence-corrected chi connectivity index (χ1v) is 9.74. The molecule has 2 aliphatic heterocycles. The van der Waals surface area contributed by atoms with Gasteiger partial charge in [-0.05, 0) is 24.5 Å². The first kappa shape index (κ1) is 16.3. The van der Waals surface area contributed by atoms with E-state index in [0.717, 1.165) is 62.4 Å². The minimum atomic E-state index is -4.44. The molecule has 8 heteroatoms. The lowest BCUT2D eigenvalue weighted by Gasteiger charge is -2.42. The fourth-order valence-corrected chi connectivity index (χ4v) is 4.64. The van der Waals surface area contributed by atoms with Crippen LogP contribution in [0, 0.1) is 0 Å². The molecule has 7 nitrogen and oxygen atoms in total. The molecule has 4 rings (SSSR count). The van der Waals surface area contributed by atoms with Gasteiger partial charge in [0.2, 0.25) is 0 Å². The van der Waals surface area contributed by atoms with Crippen LogP contribution in [0.1, 0.15) is 36.3 Å². The number of morpholine rings is 1. The lowest BCUT2D eigenvalue weighted by Crippen LogP contribution is -2.56. The smallest absolute Gasteiger partial charge is 0.170 e. The van der Waals surface area contributed by atoms with Gasteiger partial charge in [0.15, 0.2) is 16.0 Å². The molecular formula is C16H21N2O5S-. The van der Waals surface area contributed by atoms with Crippen LogP contribution in [-0.2, 0) is 21.6 Å². The van der Waals surface area contributed by atoms with Crippen LogP contribution < -0.4 is 9.46 Å². The van der Waals surface area contributed by atoms with Crippen LogP contribution in [0.15, 0.2) is 18.2 Å². The number of ether oxygens (including phenoxy) is 2. The van der Waals surface area contributed by atoms with Gasteiger partial charge in [-0.2, -0.15) is 0 Å². The zero-order valence-corrected chi connectivity index (χ0v) is 14.2. The van der Waals surface area contributed by atoms with Crippen LogP contribution >= 0.6 is 0 Å². The highest BCUT2D eigenvalue weighted by atomic mass is 32.2. The molecule has 2 unspecified atom stereocenters. The van der Waals surface area contributed by atoms with E-state index in [-0.39, 0.29) is 18.2 Å². The summed E-state index contributed by atoms with van der Waals surface area (Å²) in [5, 5.41) is 0. The number of benzene rings is 1. The summed E-state index contributed by atoms with van der Waals surface area (Å²) < 4.78 is 46.2. The van der Waals surface area contributed by atoms with Crippen molar-refractivity contribution in [1.82, 2.24) is 9.62 Å².